The molecule has 13 nitrogen and oxygen atoms in total. The number of carbonyl (C=O) groups is 2. The van der Waals surface area contributed by atoms with Crippen molar-refractivity contribution >= 4 is 34.6 Å². The topological polar surface area (TPSA) is 155 Å². The molecular weight excluding hydrogens is 784 g/mol. The number of ether oxygens (including phenoxy) is 3. The van der Waals surface area contributed by atoms with E-state index >= 15 is 0 Å². The third kappa shape index (κ3) is 7.83. The summed E-state index contributed by atoms with van der Waals surface area (Å²) in [5.41, 5.74) is 10.2. The van der Waals surface area contributed by atoms with Gasteiger partial charge in [-0.15, -0.1) is 0 Å². The lowest BCUT2D eigenvalue weighted by Crippen LogP contribution is -2.45. The van der Waals surface area contributed by atoms with Crippen molar-refractivity contribution < 1.29 is 48.6 Å². The van der Waals surface area contributed by atoms with Gasteiger partial charge in [-0.25, -0.2) is 8.97 Å². The average molecular weight is 836 g/mol. The Morgan fingerprint density at radius 2 is 1.36 bits per heavy atom. The monoisotopic (exact) mass is 835 g/mol. The average Bonchev–Trinajstić information content (AvgIpc) is 3.24. The SMILES string of the molecule is O=C(O)CN(CCO)c1ccc(F)cc1OCCOc1cc(C2=c3cc4c5c(c3Oc3c2cc2c6c3CCCN6CCC2)CCC[N+]=5CCC4)ccc1N(CCO)CC(=O)O. The van der Waals surface area contributed by atoms with E-state index < -0.39 is 24.3 Å². The summed E-state index contributed by atoms with van der Waals surface area (Å²) in [4.78, 5) is 29.2. The quantitative estimate of drug-likeness (QED) is 0.0850. The first-order valence-electron chi connectivity index (χ1n) is 21.5. The number of nitrogens with zero attached hydrogens (tertiary/aromatic N) is 4. The molecule has 5 aliphatic rings. The molecule has 61 heavy (non-hydrogen) atoms. The summed E-state index contributed by atoms with van der Waals surface area (Å²) in [5, 5.41) is 41.4. The van der Waals surface area contributed by atoms with Crippen molar-refractivity contribution in [2.75, 3.05) is 93.5 Å². The summed E-state index contributed by atoms with van der Waals surface area (Å²) >= 11 is 0. The first kappa shape index (κ1) is 40.5. The van der Waals surface area contributed by atoms with Crippen LogP contribution in [-0.2, 0) is 35.3 Å². The number of rotatable bonds is 16. The van der Waals surface area contributed by atoms with Crippen LogP contribution in [-0.4, -0.2) is 111 Å². The van der Waals surface area contributed by atoms with Gasteiger partial charge in [-0.2, -0.15) is 0 Å². The number of aliphatic hydroxyl groups is 2. The Morgan fingerprint density at radius 3 is 2.05 bits per heavy atom. The molecule has 4 aromatic rings. The summed E-state index contributed by atoms with van der Waals surface area (Å²) in [5.74, 6) is -0.487. The van der Waals surface area contributed by atoms with Crippen molar-refractivity contribution in [2.24, 2.45) is 0 Å². The van der Waals surface area contributed by atoms with Crippen LogP contribution in [0, 0.1) is 5.82 Å². The molecule has 0 aliphatic carbocycles. The molecule has 0 saturated heterocycles. The predicted molar refractivity (Wildman–Crippen MR) is 228 cm³/mol. The highest BCUT2D eigenvalue weighted by atomic mass is 19.1. The maximum absolute atomic E-state index is 14.5. The lowest BCUT2D eigenvalue weighted by molar-refractivity contribution is -0.136. The highest BCUT2D eigenvalue weighted by molar-refractivity contribution is 5.90. The molecule has 0 radical (unpaired) electrons. The molecule has 9 rings (SSSR count). The molecule has 0 saturated carbocycles. The van der Waals surface area contributed by atoms with Crippen LogP contribution in [0.5, 0.6) is 23.0 Å². The number of aliphatic carboxylic acids is 2. The number of aryl methyl sites for hydroxylation is 2. The van der Waals surface area contributed by atoms with Gasteiger partial charge in [0.2, 0.25) is 5.36 Å². The lowest BCUT2D eigenvalue weighted by Gasteiger charge is -2.39. The predicted octanol–water partition coefficient (Wildman–Crippen LogP) is 3.49. The van der Waals surface area contributed by atoms with E-state index in [0.717, 1.165) is 117 Å². The normalized spacial score (nSPS) is 15.8. The number of fused-ring (bicyclic) bond motifs is 4. The minimum atomic E-state index is -1.12. The first-order valence-corrected chi connectivity index (χ1v) is 21.5. The molecule has 0 unspecified atom stereocenters. The molecule has 14 heteroatoms. The van der Waals surface area contributed by atoms with E-state index in [0.29, 0.717) is 17.1 Å². The fraction of sp³-hybridized carbons (Fsp3) is 0.426. The van der Waals surface area contributed by atoms with Gasteiger partial charge in [0.05, 0.1) is 30.2 Å². The first-order chi connectivity index (χ1) is 29.7. The van der Waals surface area contributed by atoms with E-state index in [-0.39, 0.29) is 51.8 Å². The fourth-order valence-corrected chi connectivity index (χ4v) is 10.2. The van der Waals surface area contributed by atoms with Crippen LogP contribution in [0.3, 0.4) is 0 Å². The smallest absolute Gasteiger partial charge is 0.323 e. The van der Waals surface area contributed by atoms with Gasteiger partial charge in [-0.1, -0.05) is 6.07 Å². The standard InChI is InChI=1S/C47H51FN4O9/c48-32-10-12-38(52(18-20-54)28-42(57)58)40(26-32)60-22-21-59-39-25-29(9-11-37(39)51(17-19-53)27-41(55)56)43-35-23-30-5-1-13-49-15-3-7-33(44(30)49)46(35)61-47-34-8-4-16-50-14-2-6-31(45(34)50)24-36(43)47/h9-12,23-26,53-54H,1-8,13-22,27-28H2,(H-,55,56,57,58)/p+1. The molecule has 4 N–H and O–H groups in total. The van der Waals surface area contributed by atoms with Crippen LogP contribution < -0.4 is 44.1 Å². The van der Waals surface area contributed by atoms with Gasteiger partial charge in [0.25, 0.3) is 0 Å². The Morgan fingerprint density at radius 1 is 0.738 bits per heavy atom. The summed E-state index contributed by atoms with van der Waals surface area (Å²) in [7, 11) is 0. The van der Waals surface area contributed by atoms with Crippen molar-refractivity contribution in [3.8, 4) is 23.0 Å². The number of carboxylic acids is 2. The number of hydrogen-bond acceptors (Lipinski definition) is 10. The number of halogens is 1. The Kier molecular flexibility index (Phi) is 11.5. The number of carboxylic acid groups (broad SMARTS) is 2. The van der Waals surface area contributed by atoms with Gasteiger partial charge < -0.3 is 49.3 Å². The second-order valence-corrected chi connectivity index (χ2v) is 16.4. The van der Waals surface area contributed by atoms with Gasteiger partial charge in [-0.3, -0.25) is 9.59 Å². The highest BCUT2D eigenvalue weighted by Gasteiger charge is 2.36. The van der Waals surface area contributed by atoms with E-state index in [1.165, 1.54) is 50.3 Å². The van der Waals surface area contributed by atoms with Gasteiger partial charge in [0.1, 0.15) is 68.2 Å². The second kappa shape index (κ2) is 17.3. The van der Waals surface area contributed by atoms with Crippen LogP contribution in [0.4, 0.5) is 21.5 Å². The highest BCUT2D eigenvalue weighted by Crippen LogP contribution is 2.49. The van der Waals surface area contributed by atoms with Crippen molar-refractivity contribution in [3.05, 3.63) is 98.3 Å². The zero-order chi connectivity index (χ0) is 42.2. The van der Waals surface area contributed by atoms with E-state index in [2.05, 4.69) is 21.6 Å². The number of anilines is 3. The van der Waals surface area contributed by atoms with Crippen molar-refractivity contribution in [2.45, 2.75) is 51.4 Å². The molecule has 0 amide bonds. The molecule has 0 atom stereocenters. The Balaban J connectivity index is 1.16. The third-order valence-electron chi connectivity index (χ3n) is 12.5. The largest absolute Gasteiger partial charge is 0.488 e. The van der Waals surface area contributed by atoms with Crippen molar-refractivity contribution in [1.29, 1.82) is 0 Å². The molecule has 0 bridgehead atoms. The van der Waals surface area contributed by atoms with E-state index in [4.69, 9.17) is 14.2 Å². The van der Waals surface area contributed by atoms with Gasteiger partial charge in [-0.05, 0) is 86.1 Å². The summed E-state index contributed by atoms with van der Waals surface area (Å²) in [6, 6.07) is 14.2. The Bertz CT molecular complexity index is 2520. The maximum atomic E-state index is 14.5. The molecule has 0 spiro atoms. The van der Waals surface area contributed by atoms with E-state index in [1.807, 2.05) is 18.2 Å². The molecule has 5 aliphatic heterocycles. The lowest BCUT2D eigenvalue weighted by atomic mass is 9.82. The third-order valence-corrected chi connectivity index (χ3v) is 12.5. The summed E-state index contributed by atoms with van der Waals surface area (Å²) in [6.45, 7) is 2.65. The molecule has 0 aromatic heterocycles. The van der Waals surface area contributed by atoms with Crippen molar-refractivity contribution in [1.82, 2.24) is 4.58 Å². The number of aliphatic hydroxyl groups excluding tert-OH is 2. The van der Waals surface area contributed by atoms with E-state index in [1.54, 1.807) is 4.90 Å². The van der Waals surface area contributed by atoms with Crippen LogP contribution in [0.25, 0.3) is 5.57 Å². The van der Waals surface area contributed by atoms with Crippen LogP contribution in [0.2, 0.25) is 0 Å². The molecular formula is C47H52FN4O9+. The summed E-state index contributed by atoms with van der Waals surface area (Å²) in [6.07, 6.45) is 8.09. The number of benzene rings is 4. The molecule has 0 fully saturated rings. The second-order valence-electron chi connectivity index (χ2n) is 16.4. The minimum absolute atomic E-state index is 0.00749. The zero-order valence-electron chi connectivity index (χ0n) is 34.3. The summed E-state index contributed by atoms with van der Waals surface area (Å²) < 4.78 is 36.8. The van der Waals surface area contributed by atoms with Gasteiger partial charge in [0.15, 0.2) is 0 Å². The van der Waals surface area contributed by atoms with Crippen LogP contribution in [0.15, 0.2) is 48.5 Å². The zero-order valence-corrected chi connectivity index (χ0v) is 34.3. The molecule has 320 valence electrons. The Hall–Kier alpha value is -5.86. The van der Waals surface area contributed by atoms with Crippen molar-refractivity contribution in [3.63, 3.8) is 0 Å². The van der Waals surface area contributed by atoms with Crippen LogP contribution >= 0.6 is 0 Å². The van der Waals surface area contributed by atoms with Crippen LogP contribution in [0.1, 0.15) is 59.1 Å². The fourth-order valence-electron chi connectivity index (χ4n) is 10.2. The number of hydrogen-bond donors (Lipinski definition) is 4. The molecule has 4 aromatic carbocycles. The maximum Gasteiger partial charge on any atom is 0.323 e. The van der Waals surface area contributed by atoms with Gasteiger partial charge in [0, 0.05) is 78.3 Å². The molecule has 5 heterocycles. The Labute approximate surface area is 353 Å². The minimum Gasteiger partial charge on any atom is -0.488 e. The van der Waals surface area contributed by atoms with E-state index in [9.17, 15) is 34.4 Å². The van der Waals surface area contributed by atoms with Gasteiger partial charge >= 0.3 is 11.9 Å².